The van der Waals surface area contributed by atoms with Gasteiger partial charge in [-0.3, -0.25) is 14.2 Å². The normalized spacial score (nSPS) is 11.1. The van der Waals surface area contributed by atoms with E-state index in [0.29, 0.717) is 18.2 Å². The molecule has 0 saturated carbocycles. The van der Waals surface area contributed by atoms with Crippen LogP contribution >= 0.6 is 11.6 Å². The lowest BCUT2D eigenvalue weighted by Gasteiger charge is -2.10. The third kappa shape index (κ3) is 3.42. The number of aromatic nitrogens is 2. The molecule has 6 heteroatoms. The Morgan fingerprint density at radius 3 is 2.52 bits per heavy atom. The standard InChI is InChI=1S/C15H16ClFN2O2/c1-10(2)5-6-18-7-8-19(15(21)14(18)20)11-3-4-13(17)12(16)9-11/h3-4,7-10H,5-6H2,1-2H3. The van der Waals surface area contributed by atoms with Gasteiger partial charge in [0, 0.05) is 18.9 Å². The molecule has 21 heavy (non-hydrogen) atoms. The lowest BCUT2D eigenvalue weighted by Crippen LogP contribution is -2.40. The van der Waals surface area contributed by atoms with Crippen molar-refractivity contribution in [1.82, 2.24) is 9.13 Å². The fourth-order valence-corrected chi connectivity index (χ4v) is 2.09. The summed E-state index contributed by atoms with van der Waals surface area (Å²) in [6.07, 6.45) is 3.86. The molecule has 0 N–H and O–H groups in total. The third-order valence-electron chi connectivity index (χ3n) is 3.19. The molecule has 2 aromatic rings. The second kappa shape index (κ2) is 6.26. The topological polar surface area (TPSA) is 44.0 Å². The second-order valence-electron chi connectivity index (χ2n) is 5.25. The van der Waals surface area contributed by atoms with Gasteiger partial charge in [-0.25, -0.2) is 4.39 Å². The number of hydrogen-bond donors (Lipinski definition) is 0. The molecule has 0 atom stereocenters. The minimum absolute atomic E-state index is 0.0941. The van der Waals surface area contributed by atoms with E-state index < -0.39 is 16.9 Å². The Balaban J connectivity index is 2.43. The van der Waals surface area contributed by atoms with Crippen LogP contribution in [0.5, 0.6) is 0 Å². The molecule has 1 heterocycles. The van der Waals surface area contributed by atoms with E-state index in [2.05, 4.69) is 0 Å². The summed E-state index contributed by atoms with van der Waals surface area (Å²) in [5, 5.41) is -0.0941. The van der Waals surface area contributed by atoms with E-state index in [9.17, 15) is 14.0 Å². The van der Waals surface area contributed by atoms with Crippen LogP contribution in [0.3, 0.4) is 0 Å². The molecule has 0 fully saturated rings. The van der Waals surface area contributed by atoms with Crippen molar-refractivity contribution in [1.29, 1.82) is 0 Å². The molecule has 0 unspecified atom stereocenters. The minimum atomic E-state index is -0.677. The molecule has 0 bridgehead atoms. The minimum Gasteiger partial charge on any atom is -0.309 e. The summed E-state index contributed by atoms with van der Waals surface area (Å²) < 4.78 is 15.7. The molecule has 0 aliphatic carbocycles. The fourth-order valence-electron chi connectivity index (χ4n) is 1.92. The summed E-state index contributed by atoms with van der Waals surface area (Å²) in [6.45, 7) is 4.59. The molecule has 0 aliphatic heterocycles. The molecule has 0 aliphatic rings. The Morgan fingerprint density at radius 2 is 1.90 bits per heavy atom. The molecule has 2 rings (SSSR count). The van der Waals surface area contributed by atoms with Gasteiger partial charge in [-0.2, -0.15) is 0 Å². The summed E-state index contributed by atoms with van der Waals surface area (Å²) in [4.78, 5) is 24.2. The van der Waals surface area contributed by atoms with Crippen molar-refractivity contribution in [2.75, 3.05) is 0 Å². The van der Waals surface area contributed by atoms with Crippen molar-refractivity contribution in [3.63, 3.8) is 0 Å². The predicted molar refractivity (Wildman–Crippen MR) is 80.7 cm³/mol. The molecular weight excluding hydrogens is 295 g/mol. The first-order chi connectivity index (χ1) is 9.90. The van der Waals surface area contributed by atoms with Crippen molar-refractivity contribution in [2.24, 2.45) is 5.92 Å². The van der Waals surface area contributed by atoms with Gasteiger partial charge < -0.3 is 4.57 Å². The first kappa shape index (κ1) is 15.5. The van der Waals surface area contributed by atoms with Gasteiger partial charge in [0.2, 0.25) is 0 Å². The number of aryl methyl sites for hydroxylation is 1. The molecule has 0 saturated heterocycles. The molecule has 0 amide bonds. The van der Waals surface area contributed by atoms with Crippen LogP contribution < -0.4 is 11.1 Å². The highest BCUT2D eigenvalue weighted by atomic mass is 35.5. The van der Waals surface area contributed by atoms with E-state index in [1.165, 1.54) is 27.5 Å². The lowest BCUT2D eigenvalue weighted by atomic mass is 10.1. The zero-order valence-electron chi connectivity index (χ0n) is 11.8. The average molecular weight is 311 g/mol. The summed E-state index contributed by atoms with van der Waals surface area (Å²) in [5.41, 5.74) is -0.915. The number of nitrogens with zero attached hydrogens (tertiary/aromatic N) is 2. The Morgan fingerprint density at radius 1 is 1.19 bits per heavy atom. The second-order valence-corrected chi connectivity index (χ2v) is 5.66. The van der Waals surface area contributed by atoms with E-state index in [-0.39, 0.29) is 5.02 Å². The Kier molecular flexibility index (Phi) is 4.63. The summed E-state index contributed by atoms with van der Waals surface area (Å²) in [5.74, 6) is -0.131. The first-order valence-electron chi connectivity index (χ1n) is 6.67. The van der Waals surface area contributed by atoms with Gasteiger partial charge in [0.15, 0.2) is 0 Å². The van der Waals surface area contributed by atoms with Gasteiger partial charge in [-0.1, -0.05) is 25.4 Å². The van der Waals surface area contributed by atoms with Crippen molar-refractivity contribution in [3.8, 4) is 5.69 Å². The Hall–Kier alpha value is -1.88. The highest BCUT2D eigenvalue weighted by molar-refractivity contribution is 6.30. The number of benzene rings is 1. The zero-order chi connectivity index (χ0) is 15.6. The van der Waals surface area contributed by atoms with Crippen LogP contribution in [0.25, 0.3) is 5.69 Å². The molecule has 112 valence electrons. The number of rotatable bonds is 4. The van der Waals surface area contributed by atoms with Gasteiger partial charge in [0.1, 0.15) is 5.82 Å². The lowest BCUT2D eigenvalue weighted by molar-refractivity contribution is 0.503. The SMILES string of the molecule is CC(C)CCn1ccn(-c2ccc(F)c(Cl)c2)c(=O)c1=O. The van der Waals surface area contributed by atoms with Gasteiger partial charge >= 0.3 is 11.1 Å². The van der Waals surface area contributed by atoms with Gasteiger partial charge in [0.25, 0.3) is 0 Å². The monoisotopic (exact) mass is 310 g/mol. The first-order valence-corrected chi connectivity index (χ1v) is 7.05. The van der Waals surface area contributed by atoms with Gasteiger partial charge in [-0.05, 0) is 30.5 Å². The van der Waals surface area contributed by atoms with Crippen LogP contribution in [0.2, 0.25) is 5.02 Å². The molecule has 0 radical (unpaired) electrons. The summed E-state index contributed by atoms with van der Waals surface area (Å²) >= 11 is 5.70. The molecule has 1 aromatic heterocycles. The highest BCUT2D eigenvalue weighted by Gasteiger charge is 2.09. The predicted octanol–water partition coefficient (Wildman–Crippen LogP) is 2.84. The van der Waals surface area contributed by atoms with Gasteiger partial charge in [-0.15, -0.1) is 0 Å². The van der Waals surface area contributed by atoms with Crippen molar-refractivity contribution < 1.29 is 4.39 Å². The largest absolute Gasteiger partial charge is 0.320 e. The summed E-state index contributed by atoms with van der Waals surface area (Å²) in [6, 6.07) is 3.88. The van der Waals surface area contributed by atoms with Crippen LogP contribution in [-0.2, 0) is 6.54 Å². The van der Waals surface area contributed by atoms with Crippen molar-refractivity contribution in [3.05, 3.63) is 62.1 Å². The van der Waals surface area contributed by atoms with E-state index in [0.717, 1.165) is 12.5 Å². The molecular formula is C15H16ClFN2O2. The maximum Gasteiger partial charge on any atom is 0.320 e. The van der Waals surface area contributed by atoms with Crippen LogP contribution in [0, 0.1) is 11.7 Å². The smallest absolute Gasteiger partial charge is 0.309 e. The Labute approximate surface area is 126 Å². The van der Waals surface area contributed by atoms with E-state index >= 15 is 0 Å². The number of hydrogen-bond acceptors (Lipinski definition) is 2. The van der Waals surface area contributed by atoms with E-state index in [4.69, 9.17) is 11.6 Å². The maximum absolute atomic E-state index is 13.1. The zero-order valence-corrected chi connectivity index (χ0v) is 12.6. The summed E-state index contributed by atoms with van der Waals surface area (Å²) in [7, 11) is 0. The fraction of sp³-hybridized carbons (Fsp3) is 0.333. The van der Waals surface area contributed by atoms with Gasteiger partial charge in [0.05, 0.1) is 10.7 Å². The molecule has 4 nitrogen and oxygen atoms in total. The average Bonchev–Trinajstić information content (AvgIpc) is 2.43. The maximum atomic E-state index is 13.1. The van der Waals surface area contributed by atoms with Crippen molar-refractivity contribution in [2.45, 2.75) is 26.8 Å². The third-order valence-corrected chi connectivity index (χ3v) is 3.48. The van der Waals surface area contributed by atoms with E-state index in [1.54, 1.807) is 6.20 Å². The quantitative estimate of drug-likeness (QED) is 0.815. The van der Waals surface area contributed by atoms with Crippen LogP contribution in [0.1, 0.15) is 20.3 Å². The van der Waals surface area contributed by atoms with Crippen LogP contribution in [0.4, 0.5) is 4.39 Å². The Bertz CT molecular complexity index is 765. The van der Waals surface area contributed by atoms with Crippen LogP contribution in [0.15, 0.2) is 40.2 Å². The van der Waals surface area contributed by atoms with Crippen LogP contribution in [-0.4, -0.2) is 9.13 Å². The van der Waals surface area contributed by atoms with E-state index in [1.807, 2.05) is 13.8 Å². The van der Waals surface area contributed by atoms with Crippen molar-refractivity contribution >= 4 is 11.6 Å². The highest BCUT2D eigenvalue weighted by Crippen LogP contribution is 2.17. The molecule has 0 spiro atoms. The number of halogens is 2. The molecule has 1 aromatic carbocycles.